The lowest BCUT2D eigenvalue weighted by Gasteiger charge is -1.97. The maximum Gasteiger partial charge on any atom is 0.145 e. The zero-order valence-corrected chi connectivity index (χ0v) is 9.44. The van der Waals surface area contributed by atoms with E-state index in [2.05, 4.69) is 0 Å². The van der Waals surface area contributed by atoms with Gasteiger partial charge in [0.15, 0.2) is 0 Å². The summed E-state index contributed by atoms with van der Waals surface area (Å²) >= 11 is 0. The molecule has 0 saturated carbocycles. The van der Waals surface area contributed by atoms with Crippen molar-refractivity contribution in [1.29, 1.82) is 0 Å². The van der Waals surface area contributed by atoms with E-state index in [1.807, 2.05) is 36.4 Å². The normalized spacial score (nSPS) is 12.4. The summed E-state index contributed by atoms with van der Waals surface area (Å²) in [6.45, 7) is 3.52. The van der Waals surface area contributed by atoms with E-state index < -0.39 is 0 Å². The average molecular weight is 214 g/mol. The first-order valence-corrected chi connectivity index (χ1v) is 5.02. The molecule has 0 aromatic heterocycles. The fourth-order valence-electron chi connectivity index (χ4n) is 1.28. The topological polar surface area (TPSA) is 34.1 Å². The predicted molar refractivity (Wildman–Crippen MR) is 65.9 cm³/mol. The lowest BCUT2D eigenvalue weighted by Crippen LogP contribution is -1.81. The third-order valence-corrected chi connectivity index (χ3v) is 2.10. The van der Waals surface area contributed by atoms with E-state index in [-0.39, 0.29) is 0 Å². The Kier molecular flexibility index (Phi) is 4.40. The summed E-state index contributed by atoms with van der Waals surface area (Å²) in [6, 6.07) is 7.65. The Labute approximate surface area is 95.3 Å². The van der Waals surface area contributed by atoms with Gasteiger partial charge in [-0.25, -0.2) is 0 Å². The Balaban J connectivity index is 2.91. The van der Waals surface area contributed by atoms with Gasteiger partial charge in [-0.15, -0.1) is 0 Å². The van der Waals surface area contributed by atoms with Gasteiger partial charge in [-0.2, -0.15) is 0 Å². The number of carbonyl (C=O) groups is 2. The highest BCUT2D eigenvalue weighted by Gasteiger charge is 1.92. The molecule has 0 aliphatic rings. The summed E-state index contributed by atoms with van der Waals surface area (Å²) in [4.78, 5) is 20.9. The van der Waals surface area contributed by atoms with Gasteiger partial charge in [0.05, 0.1) is 0 Å². The van der Waals surface area contributed by atoms with Crippen molar-refractivity contribution in [3.05, 3.63) is 46.5 Å². The summed E-state index contributed by atoms with van der Waals surface area (Å²) in [5.41, 5.74) is 3.33. The Morgan fingerprint density at radius 1 is 0.812 bits per heavy atom. The van der Waals surface area contributed by atoms with Crippen LogP contribution in [0, 0.1) is 0 Å². The van der Waals surface area contributed by atoms with Crippen LogP contribution in [0.1, 0.15) is 25.0 Å². The molecule has 2 heteroatoms. The molecule has 0 bridgehead atoms. The van der Waals surface area contributed by atoms with Crippen molar-refractivity contribution in [2.45, 2.75) is 13.8 Å². The van der Waals surface area contributed by atoms with Crippen LogP contribution in [0.4, 0.5) is 0 Å². The largest absolute Gasteiger partial charge is 0.298 e. The zero-order chi connectivity index (χ0) is 12.0. The maximum absolute atomic E-state index is 10.4. The first kappa shape index (κ1) is 12.1. The van der Waals surface area contributed by atoms with Crippen molar-refractivity contribution in [3.8, 4) is 0 Å². The molecular weight excluding hydrogens is 200 g/mol. The molecule has 1 rings (SSSR count). The smallest absolute Gasteiger partial charge is 0.145 e. The number of hydrogen-bond donors (Lipinski definition) is 0. The number of carbonyl (C=O) groups excluding carboxylic acids is 2. The van der Waals surface area contributed by atoms with Crippen LogP contribution in [-0.4, -0.2) is 12.6 Å². The molecule has 2 nitrogen and oxygen atoms in total. The Bertz CT molecular complexity index is 393. The molecule has 0 unspecified atom stereocenters. The standard InChI is InChI=1S/C14H14O2/c1-11(9-15)7-13-3-5-14(6-4-13)8-12(2)10-16/h3-10H,1-2H3/b11-7-,12-8+. The first-order chi connectivity index (χ1) is 7.65. The van der Waals surface area contributed by atoms with Crippen molar-refractivity contribution >= 4 is 24.7 Å². The SMILES string of the molecule is C/C(C=O)=C/c1ccc(/C=C(\C)C=O)cc1. The van der Waals surface area contributed by atoms with Crippen molar-refractivity contribution in [3.63, 3.8) is 0 Å². The lowest BCUT2D eigenvalue weighted by molar-refractivity contribution is -0.105. The van der Waals surface area contributed by atoms with Gasteiger partial charge in [-0.1, -0.05) is 24.3 Å². The Hall–Kier alpha value is -1.96. The number of allylic oxidation sites excluding steroid dienone is 2. The third kappa shape index (κ3) is 3.65. The second kappa shape index (κ2) is 5.81. The van der Waals surface area contributed by atoms with E-state index in [1.165, 1.54) is 0 Å². The monoisotopic (exact) mass is 214 g/mol. The van der Waals surface area contributed by atoms with E-state index in [0.717, 1.165) is 23.7 Å². The fraction of sp³-hybridized carbons (Fsp3) is 0.143. The maximum atomic E-state index is 10.4. The Morgan fingerprint density at radius 3 is 1.38 bits per heavy atom. The zero-order valence-electron chi connectivity index (χ0n) is 9.44. The number of benzene rings is 1. The number of rotatable bonds is 4. The second-order valence-corrected chi connectivity index (χ2v) is 3.68. The highest BCUT2D eigenvalue weighted by atomic mass is 16.1. The van der Waals surface area contributed by atoms with Gasteiger partial charge in [0.2, 0.25) is 0 Å². The van der Waals surface area contributed by atoms with Gasteiger partial charge in [-0.05, 0) is 48.3 Å². The molecule has 1 aromatic carbocycles. The second-order valence-electron chi connectivity index (χ2n) is 3.68. The summed E-state index contributed by atoms with van der Waals surface area (Å²) in [5, 5.41) is 0. The molecule has 0 radical (unpaired) electrons. The van der Waals surface area contributed by atoms with Crippen molar-refractivity contribution in [2.75, 3.05) is 0 Å². The molecule has 0 heterocycles. The van der Waals surface area contributed by atoms with E-state index in [1.54, 1.807) is 13.8 Å². The average Bonchev–Trinajstić information content (AvgIpc) is 2.31. The molecule has 0 amide bonds. The minimum absolute atomic E-state index is 0.687. The highest BCUT2D eigenvalue weighted by molar-refractivity contribution is 5.82. The minimum atomic E-state index is 0.687. The molecule has 82 valence electrons. The van der Waals surface area contributed by atoms with Gasteiger partial charge in [-0.3, -0.25) is 9.59 Å². The molecule has 0 atom stereocenters. The Morgan fingerprint density at radius 2 is 1.12 bits per heavy atom. The summed E-state index contributed by atoms with van der Waals surface area (Å²) in [6.07, 6.45) is 5.27. The molecule has 0 aliphatic carbocycles. The predicted octanol–water partition coefficient (Wildman–Crippen LogP) is 2.89. The minimum Gasteiger partial charge on any atom is -0.298 e. The molecule has 0 N–H and O–H groups in total. The van der Waals surface area contributed by atoms with E-state index in [9.17, 15) is 9.59 Å². The van der Waals surface area contributed by atoms with Crippen LogP contribution in [0.3, 0.4) is 0 Å². The van der Waals surface area contributed by atoms with E-state index >= 15 is 0 Å². The van der Waals surface area contributed by atoms with Crippen LogP contribution in [0.5, 0.6) is 0 Å². The molecule has 0 fully saturated rings. The van der Waals surface area contributed by atoms with Crippen LogP contribution in [-0.2, 0) is 9.59 Å². The highest BCUT2D eigenvalue weighted by Crippen LogP contribution is 2.10. The molecule has 0 spiro atoms. The summed E-state index contributed by atoms with van der Waals surface area (Å²) in [7, 11) is 0. The lowest BCUT2D eigenvalue weighted by atomic mass is 10.1. The van der Waals surface area contributed by atoms with Crippen LogP contribution < -0.4 is 0 Å². The summed E-state index contributed by atoms with van der Waals surface area (Å²) in [5.74, 6) is 0. The molecule has 16 heavy (non-hydrogen) atoms. The van der Waals surface area contributed by atoms with Crippen LogP contribution in [0.15, 0.2) is 35.4 Å². The van der Waals surface area contributed by atoms with Crippen LogP contribution >= 0.6 is 0 Å². The quantitative estimate of drug-likeness (QED) is 0.570. The van der Waals surface area contributed by atoms with Crippen LogP contribution in [0.2, 0.25) is 0 Å². The van der Waals surface area contributed by atoms with Crippen molar-refractivity contribution in [1.82, 2.24) is 0 Å². The third-order valence-electron chi connectivity index (χ3n) is 2.10. The van der Waals surface area contributed by atoms with Crippen LogP contribution in [0.25, 0.3) is 12.2 Å². The van der Waals surface area contributed by atoms with E-state index in [0.29, 0.717) is 11.1 Å². The number of hydrogen-bond acceptors (Lipinski definition) is 2. The van der Waals surface area contributed by atoms with Gasteiger partial charge in [0.1, 0.15) is 12.6 Å². The number of aldehydes is 2. The molecule has 0 saturated heterocycles. The molecule has 1 aromatic rings. The fourth-order valence-corrected chi connectivity index (χ4v) is 1.28. The first-order valence-electron chi connectivity index (χ1n) is 5.02. The van der Waals surface area contributed by atoms with Crippen molar-refractivity contribution < 1.29 is 9.59 Å². The van der Waals surface area contributed by atoms with E-state index in [4.69, 9.17) is 0 Å². The molecular formula is C14H14O2. The van der Waals surface area contributed by atoms with Crippen molar-refractivity contribution in [2.24, 2.45) is 0 Å². The van der Waals surface area contributed by atoms with Gasteiger partial charge >= 0.3 is 0 Å². The summed E-state index contributed by atoms with van der Waals surface area (Å²) < 4.78 is 0. The molecule has 0 aliphatic heterocycles. The van der Waals surface area contributed by atoms with Gasteiger partial charge in [0.25, 0.3) is 0 Å². The van der Waals surface area contributed by atoms with Gasteiger partial charge < -0.3 is 0 Å². The van der Waals surface area contributed by atoms with Gasteiger partial charge in [0, 0.05) is 0 Å².